The van der Waals surface area contributed by atoms with E-state index >= 15 is 0 Å². The lowest BCUT2D eigenvalue weighted by molar-refractivity contribution is 0.0871. The Balaban J connectivity index is 1.44. The number of carbonyl (C=O) groups excluding carboxylic acids is 1. The van der Waals surface area contributed by atoms with E-state index in [9.17, 15) is 4.79 Å². The van der Waals surface area contributed by atoms with Gasteiger partial charge in [-0.15, -0.1) is 0 Å². The van der Waals surface area contributed by atoms with Gasteiger partial charge < -0.3 is 14.4 Å². The Bertz CT molecular complexity index is 1200. The number of hydrogen-bond acceptors (Lipinski definition) is 6. The van der Waals surface area contributed by atoms with Gasteiger partial charge >= 0.3 is 0 Å². The van der Waals surface area contributed by atoms with Crippen LogP contribution in [0.3, 0.4) is 0 Å². The first-order valence-electron chi connectivity index (χ1n) is 10.6. The van der Waals surface area contributed by atoms with Crippen molar-refractivity contribution in [3.05, 3.63) is 88.4 Å². The third-order valence-corrected chi connectivity index (χ3v) is 5.82. The van der Waals surface area contributed by atoms with Crippen LogP contribution in [0.15, 0.2) is 60.6 Å². The predicted molar refractivity (Wildman–Crippen MR) is 124 cm³/mol. The summed E-state index contributed by atoms with van der Waals surface area (Å²) < 4.78 is 12.2. The molecule has 0 saturated carbocycles. The number of nitrogens with zero attached hydrogens (tertiary/aromatic N) is 3. The average molecular weight is 428 g/mol. The van der Waals surface area contributed by atoms with Gasteiger partial charge in [0, 0.05) is 45.3 Å². The van der Waals surface area contributed by atoms with E-state index in [0.29, 0.717) is 36.9 Å². The van der Waals surface area contributed by atoms with Crippen LogP contribution in [0.2, 0.25) is 0 Å². The van der Waals surface area contributed by atoms with Crippen molar-refractivity contribution in [2.24, 2.45) is 0 Å². The molecule has 6 heteroatoms. The zero-order valence-electron chi connectivity index (χ0n) is 18.5. The maximum absolute atomic E-state index is 13.2. The lowest BCUT2D eigenvalue weighted by atomic mass is 9.98. The molecule has 0 aliphatic carbocycles. The first kappa shape index (κ1) is 20.3. The normalized spacial score (nSPS) is 16.3. The number of hydrogen-bond donors (Lipinski definition) is 0. The molecule has 162 valence electrons. The molecule has 0 radical (unpaired) electrons. The van der Waals surface area contributed by atoms with Gasteiger partial charge in [-0.05, 0) is 54.0 Å². The molecule has 2 aliphatic heterocycles. The molecule has 3 heterocycles. The van der Waals surface area contributed by atoms with Crippen molar-refractivity contribution in [3.8, 4) is 11.5 Å². The van der Waals surface area contributed by atoms with Crippen LogP contribution in [0, 0.1) is 6.92 Å². The van der Waals surface area contributed by atoms with Crippen molar-refractivity contribution >= 4 is 17.5 Å². The SMILES string of the molecule is Cc1cc2c(c3c1C(=O)/C(=C/c1ccc(N(C)C)cc1)O3)CN(Cc1cccnc1)CO2. The maximum Gasteiger partial charge on any atom is 0.232 e. The van der Waals surface area contributed by atoms with E-state index in [0.717, 1.165) is 33.7 Å². The van der Waals surface area contributed by atoms with Gasteiger partial charge in [-0.3, -0.25) is 14.7 Å². The molecule has 5 rings (SSSR count). The Hall–Kier alpha value is -3.64. The number of aromatic nitrogens is 1. The maximum atomic E-state index is 13.2. The summed E-state index contributed by atoms with van der Waals surface area (Å²) in [5.41, 5.74) is 5.56. The quantitative estimate of drug-likeness (QED) is 0.575. The summed E-state index contributed by atoms with van der Waals surface area (Å²) in [6.45, 7) is 3.77. The van der Waals surface area contributed by atoms with Crippen molar-refractivity contribution in [1.82, 2.24) is 9.88 Å². The number of carbonyl (C=O) groups is 1. The number of benzene rings is 2. The number of ether oxygens (including phenoxy) is 2. The molecule has 0 saturated heterocycles. The lowest BCUT2D eigenvalue weighted by Crippen LogP contribution is -2.31. The first-order valence-corrected chi connectivity index (χ1v) is 10.6. The van der Waals surface area contributed by atoms with Crippen LogP contribution < -0.4 is 14.4 Å². The molecular weight excluding hydrogens is 402 g/mol. The molecule has 0 unspecified atom stereocenters. The second-order valence-electron chi connectivity index (χ2n) is 8.42. The minimum absolute atomic E-state index is 0.0821. The third-order valence-electron chi connectivity index (χ3n) is 5.82. The standard InChI is InChI=1S/C26H25N3O3/c1-17-11-22-21(15-29(16-31-22)14-19-5-4-10-27-13-19)26-24(17)25(30)23(32-26)12-18-6-8-20(9-7-18)28(2)3/h4-13H,14-16H2,1-3H3/b23-12-. The number of ketones is 1. The molecule has 6 nitrogen and oxygen atoms in total. The van der Waals surface area contributed by atoms with Gasteiger partial charge in [-0.1, -0.05) is 18.2 Å². The molecule has 0 atom stereocenters. The average Bonchev–Trinajstić information content (AvgIpc) is 3.12. The number of aryl methyl sites for hydroxylation is 1. The fourth-order valence-electron chi connectivity index (χ4n) is 4.15. The van der Waals surface area contributed by atoms with E-state index in [4.69, 9.17) is 9.47 Å². The van der Waals surface area contributed by atoms with Crippen LogP contribution in [0.4, 0.5) is 5.69 Å². The molecule has 32 heavy (non-hydrogen) atoms. The minimum atomic E-state index is -0.0821. The number of anilines is 1. The van der Waals surface area contributed by atoms with E-state index in [2.05, 4.69) is 9.88 Å². The Morgan fingerprint density at radius 2 is 2.00 bits per heavy atom. The second kappa shape index (κ2) is 8.13. The summed E-state index contributed by atoms with van der Waals surface area (Å²) in [5.74, 6) is 1.67. The van der Waals surface area contributed by atoms with Crippen molar-refractivity contribution in [2.75, 3.05) is 25.7 Å². The van der Waals surface area contributed by atoms with Crippen LogP contribution in [0.25, 0.3) is 6.08 Å². The number of fused-ring (bicyclic) bond motifs is 3. The molecule has 1 aromatic heterocycles. The van der Waals surface area contributed by atoms with Crippen LogP contribution >= 0.6 is 0 Å². The molecule has 2 aliphatic rings. The summed E-state index contributed by atoms with van der Waals surface area (Å²) in [7, 11) is 4.00. The largest absolute Gasteiger partial charge is 0.478 e. The molecule has 3 aromatic rings. The van der Waals surface area contributed by atoms with Crippen molar-refractivity contribution < 1.29 is 14.3 Å². The fraction of sp³-hybridized carbons (Fsp3) is 0.231. The number of pyridine rings is 1. The minimum Gasteiger partial charge on any atom is -0.478 e. The summed E-state index contributed by atoms with van der Waals surface area (Å²) >= 11 is 0. The smallest absolute Gasteiger partial charge is 0.232 e. The van der Waals surface area contributed by atoms with Gasteiger partial charge in [0.25, 0.3) is 0 Å². The Morgan fingerprint density at radius 3 is 2.72 bits per heavy atom. The summed E-state index contributed by atoms with van der Waals surface area (Å²) in [6, 6.07) is 14.0. The zero-order valence-corrected chi connectivity index (χ0v) is 18.5. The highest BCUT2D eigenvalue weighted by molar-refractivity contribution is 6.15. The van der Waals surface area contributed by atoms with Crippen LogP contribution in [0.5, 0.6) is 11.5 Å². The van der Waals surface area contributed by atoms with E-state index in [1.807, 2.05) is 80.7 Å². The molecule has 0 spiro atoms. The highest BCUT2D eigenvalue weighted by Gasteiger charge is 2.35. The fourth-order valence-corrected chi connectivity index (χ4v) is 4.15. The van der Waals surface area contributed by atoms with Crippen molar-refractivity contribution in [2.45, 2.75) is 20.0 Å². The van der Waals surface area contributed by atoms with E-state index in [-0.39, 0.29) is 5.78 Å². The van der Waals surface area contributed by atoms with Gasteiger partial charge in [-0.2, -0.15) is 0 Å². The Labute approximate surface area is 187 Å². The Morgan fingerprint density at radius 1 is 1.19 bits per heavy atom. The van der Waals surface area contributed by atoms with E-state index in [1.54, 1.807) is 6.20 Å². The van der Waals surface area contributed by atoms with Crippen LogP contribution in [-0.4, -0.2) is 36.5 Å². The van der Waals surface area contributed by atoms with Gasteiger partial charge in [0.1, 0.15) is 18.2 Å². The molecule has 0 bridgehead atoms. The topological polar surface area (TPSA) is 54.9 Å². The van der Waals surface area contributed by atoms with E-state index in [1.165, 1.54) is 0 Å². The zero-order chi connectivity index (χ0) is 22.2. The monoisotopic (exact) mass is 427 g/mol. The van der Waals surface area contributed by atoms with Gasteiger partial charge in [0.15, 0.2) is 5.76 Å². The van der Waals surface area contributed by atoms with Gasteiger partial charge in [0.2, 0.25) is 5.78 Å². The third kappa shape index (κ3) is 3.74. The van der Waals surface area contributed by atoms with Crippen LogP contribution in [-0.2, 0) is 13.1 Å². The molecule has 2 aromatic carbocycles. The molecule has 0 N–H and O–H groups in total. The summed E-state index contributed by atoms with van der Waals surface area (Å²) in [6.07, 6.45) is 5.44. The summed E-state index contributed by atoms with van der Waals surface area (Å²) in [4.78, 5) is 21.6. The highest BCUT2D eigenvalue weighted by Crippen LogP contribution is 2.44. The molecule has 0 fully saturated rings. The van der Waals surface area contributed by atoms with Gasteiger partial charge in [-0.25, -0.2) is 0 Å². The van der Waals surface area contributed by atoms with E-state index < -0.39 is 0 Å². The molecule has 0 amide bonds. The summed E-state index contributed by atoms with van der Waals surface area (Å²) in [5, 5.41) is 0. The number of Topliss-reactive ketones (excluding diaryl/α,β-unsaturated/α-hetero) is 1. The molecular formula is C26H25N3O3. The van der Waals surface area contributed by atoms with Crippen molar-refractivity contribution in [3.63, 3.8) is 0 Å². The first-order chi connectivity index (χ1) is 15.5. The van der Waals surface area contributed by atoms with Crippen molar-refractivity contribution in [1.29, 1.82) is 0 Å². The highest BCUT2D eigenvalue weighted by atomic mass is 16.5. The van der Waals surface area contributed by atoms with Gasteiger partial charge in [0.05, 0.1) is 11.1 Å². The lowest BCUT2D eigenvalue weighted by Gasteiger charge is -2.30. The van der Waals surface area contributed by atoms with Crippen LogP contribution in [0.1, 0.15) is 32.6 Å². The predicted octanol–water partition coefficient (Wildman–Crippen LogP) is 4.42. The number of rotatable bonds is 4. The number of allylic oxidation sites excluding steroid dienone is 1. The Kier molecular flexibility index (Phi) is 5.15. The second-order valence-corrected chi connectivity index (χ2v) is 8.42.